The molecule has 0 bridgehead atoms. The van der Waals surface area contributed by atoms with Crippen LogP contribution in [0.15, 0.2) is 57.9 Å². The number of nitrogens with zero attached hydrogens (tertiary/aromatic N) is 1. The monoisotopic (exact) mass is 411 g/mol. The van der Waals surface area contributed by atoms with E-state index in [4.69, 9.17) is 13.9 Å². The normalized spacial score (nSPS) is 13.7. The van der Waals surface area contributed by atoms with Crippen molar-refractivity contribution in [3.05, 3.63) is 59.9 Å². The van der Waals surface area contributed by atoms with E-state index in [1.165, 1.54) is 0 Å². The lowest BCUT2D eigenvalue weighted by Gasteiger charge is -2.18. The second-order valence-electron chi connectivity index (χ2n) is 6.90. The van der Waals surface area contributed by atoms with Crippen molar-refractivity contribution < 1.29 is 19.0 Å². The van der Waals surface area contributed by atoms with Crippen molar-refractivity contribution in [1.29, 1.82) is 0 Å². The molecule has 0 aliphatic rings. The Morgan fingerprint density at radius 3 is 2.63 bits per heavy atom. The topological polar surface area (TPSA) is 88.3 Å². The molecule has 0 spiro atoms. The Morgan fingerprint density at radius 1 is 1.13 bits per heavy atom. The SMILES string of the molecule is CCNC(=NCC(O)c1cc(OC)ccc1OC)NC(C)c1cc2ccccc2o1. The number of hydrogen-bond acceptors (Lipinski definition) is 5. The summed E-state index contributed by atoms with van der Waals surface area (Å²) in [4.78, 5) is 4.55. The van der Waals surface area contributed by atoms with Gasteiger partial charge in [-0.1, -0.05) is 18.2 Å². The number of hydrogen-bond donors (Lipinski definition) is 3. The van der Waals surface area contributed by atoms with Crippen LogP contribution in [-0.4, -0.2) is 38.4 Å². The third-order valence-electron chi connectivity index (χ3n) is 4.79. The molecule has 0 aliphatic heterocycles. The number of guanidine groups is 1. The van der Waals surface area contributed by atoms with Gasteiger partial charge < -0.3 is 29.6 Å². The van der Waals surface area contributed by atoms with Crippen LogP contribution in [0, 0.1) is 0 Å². The summed E-state index contributed by atoms with van der Waals surface area (Å²) in [6.07, 6.45) is -0.841. The van der Waals surface area contributed by atoms with Crippen LogP contribution < -0.4 is 20.1 Å². The standard InChI is InChI=1S/C23H29N3O4/c1-5-24-23(26-15(2)22-12-16-8-6-7-9-20(16)30-22)25-14-19(27)18-13-17(28-3)10-11-21(18)29-4/h6-13,15,19,27H,5,14H2,1-4H3,(H2,24,25,26). The highest BCUT2D eigenvalue weighted by molar-refractivity contribution is 5.81. The number of furan rings is 1. The zero-order valence-corrected chi connectivity index (χ0v) is 17.8. The maximum Gasteiger partial charge on any atom is 0.191 e. The number of benzene rings is 2. The van der Waals surface area contributed by atoms with Gasteiger partial charge in [0.25, 0.3) is 0 Å². The highest BCUT2D eigenvalue weighted by atomic mass is 16.5. The fraction of sp³-hybridized carbons (Fsp3) is 0.348. The number of aliphatic imine (C=N–C) groups is 1. The molecule has 1 aromatic heterocycles. The molecule has 7 nitrogen and oxygen atoms in total. The molecule has 7 heteroatoms. The lowest BCUT2D eigenvalue weighted by atomic mass is 10.1. The van der Waals surface area contributed by atoms with Crippen LogP contribution in [0.25, 0.3) is 11.0 Å². The van der Waals surface area contributed by atoms with Gasteiger partial charge in [0.1, 0.15) is 28.9 Å². The van der Waals surface area contributed by atoms with Gasteiger partial charge in [-0.2, -0.15) is 0 Å². The fourth-order valence-corrected chi connectivity index (χ4v) is 3.19. The van der Waals surface area contributed by atoms with Crippen molar-refractivity contribution in [2.24, 2.45) is 4.99 Å². The van der Waals surface area contributed by atoms with E-state index < -0.39 is 6.10 Å². The molecule has 0 saturated heterocycles. The molecule has 0 radical (unpaired) electrons. The van der Waals surface area contributed by atoms with Crippen molar-refractivity contribution in [2.45, 2.75) is 26.0 Å². The molecule has 30 heavy (non-hydrogen) atoms. The molecule has 2 unspecified atom stereocenters. The first kappa shape index (κ1) is 21.5. The predicted octanol–water partition coefficient (Wildman–Crippen LogP) is 3.80. The number of nitrogens with one attached hydrogen (secondary N) is 2. The van der Waals surface area contributed by atoms with Crippen LogP contribution in [0.1, 0.15) is 37.3 Å². The van der Waals surface area contributed by atoms with Crippen LogP contribution in [0.4, 0.5) is 0 Å². The highest BCUT2D eigenvalue weighted by Crippen LogP contribution is 2.29. The Hall–Kier alpha value is -3.19. The Kier molecular flexibility index (Phi) is 7.19. The molecule has 3 N–H and O–H groups in total. The Balaban J connectivity index is 1.73. The van der Waals surface area contributed by atoms with Gasteiger partial charge in [-0.05, 0) is 44.2 Å². The molecule has 3 aromatic rings. The summed E-state index contributed by atoms with van der Waals surface area (Å²) >= 11 is 0. The van der Waals surface area contributed by atoms with Crippen LogP contribution in [0.3, 0.4) is 0 Å². The summed E-state index contributed by atoms with van der Waals surface area (Å²) in [5.41, 5.74) is 1.48. The lowest BCUT2D eigenvalue weighted by Crippen LogP contribution is -2.39. The van der Waals surface area contributed by atoms with Crippen LogP contribution in [-0.2, 0) is 0 Å². The summed E-state index contributed by atoms with van der Waals surface area (Å²) in [6.45, 7) is 4.85. The molecule has 3 rings (SSSR count). The van der Waals surface area contributed by atoms with Gasteiger partial charge in [-0.3, -0.25) is 4.99 Å². The molecular weight excluding hydrogens is 382 g/mol. The third kappa shape index (κ3) is 5.04. The molecule has 2 atom stereocenters. The zero-order valence-electron chi connectivity index (χ0n) is 17.8. The summed E-state index contributed by atoms with van der Waals surface area (Å²) < 4.78 is 16.6. The summed E-state index contributed by atoms with van der Waals surface area (Å²) in [7, 11) is 3.16. The number of methoxy groups -OCH3 is 2. The van der Waals surface area contributed by atoms with Crippen LogP contribution in [0.5, 0.6) is 11.5 Å². The average Bonchev–Trinajstić information content (AvgIpc) is 3.21. The van der Waals surface area contributed by atoms with E-state index in [-0.39, 0.29) is 12.6 Å². The predicted molar refractivity (Wildman–Crippen MR) is 118 cm³/mol. The summed E-state index contributed by atoms with van der Waals surface area (Å²) in [5.74, 6) is 2.65. The van der Waals surface area contributed by atoms with Crippen molar-refractivity contribution in [3.8, 4) is 11.5 Å². The largest absolute Gasteiger partial charge is 0.497 e. The van der Waals surface area contributed by atoms with Crippen LogP contribution in [0.2, 0.25) is 0 Å². The van der Waals surface area contributed by atoms with Crippen molar-refractivity contribution in [1.82, 2.24) is 10.6 Å². The fourth-order valence-electron chi connectivity index (χ4n) is 3.19. The van der Waals surface area contributed by atoms with E-state index in [0.717, 1.165) is 16.7 Å². The number of para-hydroxylation sites is 1. The van der Waals surface area contributed by atoms with Gasteiger partial charge in [0.15, 0.2) is 5.96 Å². The first-order chi connectivity index (χ1) is 14.5. The van der Waals surface area contributed by atoms with E-state index in [1.807, 2.05) is 44.2 Å². The second-order valence-corrected chi connectivity index (χ2v) is 6.90. The van der Waals surface area contributed by atoms with E-state index in [2.05, 4.69) is 15.6 Å². The van der Waals surface area contributed by atoms with Gasteiger partial charge in [0.2, 0.25) is 0 Å². The minimum atomic E-state index is -0.841. The summed E-state index contributed by atoms with van der Waals surface area (Å²) in [5, 5.41) is 18.3. The zero-order chi connectivity index (χ0) is 21.5. The number of ether oxygens (including phenoxy) is 2. The van der Waals surface area contributed by atoms with E-state index in [9.17, 15) is 5.11 Å². The van der Waals surface area contributed by atoms with E-state index >= 15 is 0 Å². The number of fused-ring (bicyclic) bond motifs is 1. The molecule has 2 aromatic carbocycles. The van der Waals surface area contributed by atoms with E-state index in [0.29, 0.717) is 29.6 Å². The van der Waals surface area contributed by atoms with Gasteiger partial charge in [0.05, 0.1) is 26.8 Å². The minimum absolute atomic E-state index is 0.0984. The minimum Gasteiger partial charge on any atom is -0.497 e. The Morgan fingerprint density at radius 2 is 1.93 bits per heavy atom. The van der Waals surface area contributed by atoms with Crippen molar-refractivity contribution >= 4 is 16.9 Å². The molecule has 1 heterocycles. The molecular formula is C23H29N3O4. The third-order valence-corrected chi connectivity index (χ3v) is 4.79. The molecule has 160 valence electrons. The van der Waals surface area contributed by atoms with Crippen molar-refractivity contribution in [3.63, 3.8) is 0 Å². The molecule has 0 saturated carbocycles. The summed E-state index contributed by atoms with van der Waals surface area (Å²) in [6, 6.07) is 15.1. The maximum atomic E-state index is 10.7. The van der Waals surface area contributed by atoms with E-state index in [1.54, 1.807) is 32.4 Å². The number of rotatable bonds is 8. The maximum absolute atomic E-state index is 10.7. The first-order valence-corrected chi connectivity index (χ1v) is 9.99. The highest BCUT2D eigenvalue weighted by Gasteiger charge is 2.16. The average molecular weight is 412 g/mol. The molecule has 0 fully saturated rings. The number of aliphatic hydroxyl groups excluding tert-OH is 1. The Labute approximate surface area is 176 Å². The molecule has 0 aliphatic carbocycles. The van der Waals surface area contributed by atoms with Gasteiger partial charge >= 0.3 is 0 Å². The van der Waals surface area contributed by atoms with Gasteiger partial charge in [-0.25, -0.2) is 0 Å². The molecule has 0 amide bonds. The van der Waals surface area contributed by atoms with Crippen molar-refractivity contribution in [2.75, 3.05) is 27.3 Å². The second kappa shape index (κ2) is 10.0. The van der Waals surface area contributed by atoms with Gasteiger partial charge in [0, 0.05) is 17.5 Å². The van der Waals surface area contributed by atoms with Crippen LogP contribution >= 0.6 is 0 Å². The lowest BCUT2D eigenvalue weighted by molar-refractivity contribution is 0.182. The quantitative estimate of drug-likeness (QED) is 0.386. The number of aliphatic hydroxyl groups is 1. The smallest absolute Gasteiger partial charge is 0.191 e. The first-order valence-electron chi connectivity index (χ1n) is 9.99. The Bertz CT molecular complexity index is 966. The van der Waals surface area contributed by atoms with Gasteiger partial charge in [-0.15, -0.1) is 0 Å².